The molecule has 0 saturated carbocycles. The highest BCUT2D eigenvalue weighted by molar-refractivity contribution is 5.49. The lowest BCUT2D eigenvalue weighted by Gasteiger charge is -2.03. The Bertz CT molecular complexity index is 324. The number of aromatic nitrogens is 2. The summed E-state index contributed by atoms with van der Waals surface area (Å²) in [6, 6.07) is 0. The average molecular weight is 163 g/mol. The zero-order valence-electron chi connectivity index (χ0n) is 6.82. The van der Waals surface area contributed by atoms with E-state index in [-0.39, 0.29) is 0 Å². The number of hydrogen-bond acceptors (Lipinski definition) is 3. The van der Waals surface area contributed by atoms with Gasteiger partial charge in [-0.2, -0.15) is 0 Å². The van der Waals surface area contributed by atoms with Crippen molar-refractivity contribution in [2.75, 3.05) is 0 Å². The van der Waals surface area contributed by atoms with E-state index in [1.54, 1.807) is 11.1 Å². The van der Waals surface area contributed by atoms with Gasteiger partial charge in [-0.15, -0.1) is 0 Å². The third-order valence-electron chi connectivity index (χ3n) is 1.95. The molecule has 1 aromatic heterocycles. The summed E-state index contributed by atoms with van der Waals surface area (Å²) in [6.45, 7) is 3.13. The van der Waals surface area contributed by atoms with Gasteiger partial charge in [0.15, 0.2) is 0 Å². The number of rotatable bonds is 1. The summed E-state index contributed by atoms with van der Waals surface area (Å²) in [7, 11) is 0. The standard InChI is InChI=1S/C8H9N3O/c1-6-9-2-7-3-11(5-12)4-8(7)10-6/h2,5H,3-4H2,1H3. The second-order valence-corrected chi connectivity index (χ2v) is 2.90. The lowest BCUT2D eigenvalue weighted by atomic mass is 10.3. The minimum Gasteiger partial charge on any atom is -0.335 e. The molecule has 2 rings (SSSR count). The van der Waals surface area contributed by atoms with Crippen LogP contribution >= 0.6 is 0 Å². The smallest absolute Gasteiger partial charge is 0.210 e. The third kappa shape index (κ3) is 1.05. The van der Waals surface area contributed by atoms with Gasteiger partial charge in [-0.25, -0.2) is 9.97 Å². The van der Waals surface area contributed by atoms with Gasteiger partial charge in [0.1, 0.15) is 5.82 Å². The molecule has 62 valence electrons. The van der Waals surface area contributed by atoms with Gasteiger partial charge in [0.2, 0.25) is 6.41 Å². The maximum Gasteiger partial charge on any atom is 0.210 e. The number of aryl methyl sites for hydroxylation is 1. The van der Waals surface area contributed by atoms with Crippen molar-refractivity contribution in [3.05, 3.63) is 23.3 Å². The van der Waals surface area contributed by atoms with Gasteiger partial charge in [0.05, 0.1) is 12.2 Å². The molecule has 0 bridgehead atoms. The average Bonchev–Trinajstić information content (AvgIpc) is 2.46. The number of nitrogens with zero attached hydrogens (tertiary/aromatic N) is 3. The Labute approximate surface area is 70.2 Å². The van der Waals surface area contributed by atoms with Crippen LogP contribution in [0, 0.1) is 6.92 Å². The predicted octanol–water partition coefficient (Wildman–Crippen LogP) is 0.257. The highest BCUT2D eigenvalue weighted by Crippen LogP contribution is 2.17. The Balaban J connectivity index is 2.35. The molecule has 0 aliphatic carbocycles. The topological polar surface area (TPSA) is 46.1 Å². The second-order valence-electron chi connectivity index (χ2n) is 2.90. The minimum atomic E-state index is 0.627. The Morgan fingerprint density at radius 2 is 2.42 bits per heavy atom. The fourth-order valence-corrected chi connectivity index (χ4v) is 1.35. The van der Waals surface area contributed by atoms with Crippen LogP contribution in [-0.2, 0) is 17.9 Å². The highest BCUT2D eigenvalue weighted by atomic mass is 16.1. The van der Waals surface area contributed by atoms with Crippen molar-refractivity contribution in [2.24, 2.45) is 0 Å². The molecule has 4 heteroatoms. The molecule has 1 aliphatic heterocycles. The summed E-state index contributed by atoms with van der Waals surface area (Å²) in [5.74, 6) is 0.765. The van der Waals surface area contributed by atoms with E-state index in [1.807, 2.05) is 6.92 Å². The van der Waals surface area contributed by atoms with E-state index in [0.717, 1.165) is 23.5 Å². The monoisotopic (exact) mass is 163 g/mol. The van der Waals surface area contributed by atoms with Gasteiger partial charge in [-0.3, -0.25) is 4.79 Å². The molecule has 1 aromatic rings. The van der Waals surface area contributed by atoms with Gasteiger partial charge in [-0.05, 0) is 6.92 Å². The number of carbonyl (C=O) groups excluding carboxylic acids is 1. The molecule has 0 saturated heterocycles. The van der Waals surface area contributed by atoms with Crippen molar-refractivity contribution >= 4 is 6.41 Å². The van der Waals surface area contributed by atoms with Gasteiger partial charge in [-0.1, -0.05) is 0 Å². The van der Waals surface area contributed by atoms with Crippen LogP contribution in [0.15, 0.2) is 6.20 Å². The van der Waals surface area contributed by atoms with Gasteiger partial charge < -0.3 is 4.90 Å². The first kappa shape index (κ1) is 7.21. The first-order valence-corrected chi connectivity index (χ1v) is 3.80. The van der Waals surface area contributed by atoms with Crippen LogP contribution in [0.1, 0.15) is 17.1 Å². The van der Waals surface area contributed by atoms with E-state index >= 15 is 0 Å². The van der Waals surface area contributed by atoms with Gasteiger partial charge in [0, 0.05) is 18.3 Å². The molecule has 4 nitrogen and oxygen atoms in total. The number of carbonyl (C=O) groups is 1. The van der Waals surface area contributed by atoms with E-state index in [1.165, 1.54) is 0 Å². The van der Waals surface area contributed by atoms with E-state index < -0.39 is 0 Å². The SMILES string of the molecule is Cc1ncc2c(n1)CN(C=O)C2. The van der Waals surface area contributed by atoms with Crippen LogP contribution in [0.25, 0.3) is 0 Å². The number of amides is 1. The van der Waals surface area contributed by atoms with E-state index in [2.05, 4.69) is 9.97 Å². The zero-order valence-corrected chi connectivity index (χ0v) is 6.82. The summed E-state index contributed by atoms with van der Waals surface area (Å²) in [5.41, 5.74) is 2.04. The lowest BCUT2D eigenvalue weighted by Crippen LogP contribution is -2.12. The molecule has 12 heavy (non-hydrogen) atoms. The molecular formula is C8H9N3O. The summed E-state index contributed by atoms with van der Waals surface area (Å²) in [5, 5.41) is 0. The molecule has 1 amide bonds. The van der Waals surface area contributed by atoms with Crippen molar-refractivity contribution in [2.45, 2.75) is 20.0 Å². The zero-order chi connectivity index (χ0) is 8.55. The van der Waals surface area contributed by atoms with Crippen LogP contribution in [0.3, 0.4) is 0 Å². The highest BCUT2D eigenvalue weighted by Gasteiger charge is 2.18. The van der Waals surface area contributed by atoms with Crippen molar-refractivity contribution in [3.63, 3.8) is 0 Å². The molecular weight excluding hydrogens is 154 g/mol. The van der Waals surface area contributed by atoms with Crippen LogP contribution in [0.2, 0.25) is 0 Å². The first-order valence-electron chi connectivity index (χ1n) is 3.80. The first-order chi connectivity index (χ1) is 5.79. The van der Waals surface area contributed by atoms with E-state index in [4.69, 9.17) is 0 Å². The van der Waals surface area contributed by atoms with Crippen LogP contribution in [-0.4, -0.2) is 21.3 Å². The quantitative estimate of drug-likeness (QED) is 0.558. The Kier molecular flexibility index (Phi) is 1.53. The summed E-state index contributed by atoms with van der Waals surface area (Å²) in [4.78, 5) is 20.4. The second kappa shape index (κ2) is 2.55. The number of fused-ring (bicyclic) bond motifs is 1. The lowest BCUT2D eigenvalue weighted by molar-refractivity contribution is -0.118. The summed E-state index contributed by atoms with van der Waals surface area (Å²) >= 11 is 0. The van der Waals surface area contributed by atoms with Gasteiger partial charge in [0.25, 0.3) is 0 Å². The molecule has 2 heterocycles. The van der Waals surface area contributed by atoms with Crippen LogP contribution in [0.4, 0.5) is 0 Å². The Morgan fingerprint density at radius 1 is 1.58 bits per heavy atom. The molecule has 0 unspecified atom stereocenters. The van der Waals surface area contributed by atoms with Crippen LogP contribution in [0.5, 0.6) is 0 Å². The molecule has 0 atom stereocenters. The van der Waals surface area contributed by atoms with Gasteiger partial charge >= 0.3 is 0 Å². The van der Waals surface area contributed by atoms with Crippen molar-refractivity contribution in [1.82, 2.24) is 14.9 Å². The molecule has 0 aromatic carbocycles. The number of hydrogen-bond donors (Lipinski definition) is 0. The summed E-state index contributed by atoms with van der Waals surface area (Å²) < 4.78 is 0. The van der Waals surface area contributed by atoms with Crippen LogP contribution < -0.4 is 0 Å². The normalized spacial score (nSPS) is 14.6. The molecule has 0 fully saturated rings. The Morgan fingerprint density at radius 3 is 3.17 bits per heavy atom. The van der Waals surface area contributed by atoms with E-state index in [0.29, 0.717) is 13.1 Å². The molecule has 0 N–H and O–H groups in total. The molecule has 0 radical (unpaired) electrons. The maximum atomic E-state index is 10.4. The van der Waals surface area contributed by atoms with Crippen molar-refractivity contribution in [1.29, 1.82) is 0 Å². The molecule has 0 spiro atoms. The summed E-state index contributed by atoms with van der Waals surface area (Å²) in [6.07, 6.45) is 2.64. The predicted molar refractivity (Wildman–Crippen MR) is 42.1 cm³/mol. The third-order valence-corrected chi connectivity index (χ3v) is 1.95. The fraction of sp³-hybridized carbons (Fsp3) is 0.375. The Hall–Kier alpha value is -1.45. The largest absolute Gasteiger partial charge is 0.335 e. The minimum absolute atomic E-state index is 0.627. The fourth-order valence-electron chi connectivity index (χ4n) is 1.35. The van der Waals surface area contributed by atoms with Crippen molar-refractivity contribution in [3.8, 4) is 0 Å². The maximum absolute atomic E-state index is 10.4. The molecule has 1 aliphatic rings. The van der Waals surface area contributed by atoms with E-state index in [9.17, 15) is 4.79 Å². The van der Waals surface area contributed by atoms with Crippen molar-refractivity contribution < 1.29 is 4.79 Å².